The van der Waals surface area contributed by atoms with Crippen LogP contribution in [0, 0.1) is 12.3 Å². The lowest BCUT2D eigenvalue weighted by Gasteiger charge is -2.48. The van der Waals surface area contributed by atoms with E-state index < -0.39 is 66.6 Å². The third kappa shape index (κ3) is 8.12. The van der Waals surface area contributed by atoms with Crippen LogP contribution in [0.4, 0.5) is 0 Å². The van der Waals surface area contributed by atoms with Crippen LogP contribution < -0.4 is 0 Å². The van der Waals surface area contributed by atoms with Crippen molar-refractivity contribution in [2.75, 3.05) is 13.7 Å². The Balaban J connectivity index is 2.19. The number of methoxy groups -OCH3 is 1. The Bertz CT molecular complexity index is 1380. The molecule has 2 aromatic carbocycles. The van der Waals surface area contributed by atoms with Gasteiger partial charge in [-0.15, -0.1) is 6.42 Å². The molecule has 0 amide bonds. The van der Waals surface area contributed by atoms with Crippen LogP contribution in [-0.4, -0.2) is 67.1 Å². The fraction of sp³-hybridized carbons (Fsp3) is 0.419. The molecule has 0 bridgehead atoms. The first-order valence-electron chi connectivity index (χ1n) is 13.2. The van der Waals surface area contributed by atoms with Crippen LogP contribution in [0.5, 0.6) is 0 Å². The van der Waals surface area contributed by atoms with Crippen LogP contribution >= 0.6 is 11.6 Å². The number of carbonyl (C=O) groups excluding carboxylic acids is 4. The van der Waals surface area contributed by atoms with Crippen molar-refractivity contribution >= 4 is 35.5 Å². The summed E-state index contributed by atoms with van der Waals surface area (Å²) in [5, 5.41) is 12.4. The summed E-state index contributed by atoms with van der Waals surface area (Å²) in [5.74, 6) is -3.70. The van der Waals surface area contributed by atoms with E-state index in [1.165, 1.54) is 18.2 Å². The number of carbonyl (C=O) groups is 4. The highest BCUT2D eigenvalue weighted by molar-refractivity contribution is 6.31. The summed E-state index contributed by atoms with van der Waals surface area (Å²) in [6.45, 7) is 4.30. The number of ether oxygens (including phenoxy) is 6. The second-order valence-corrected chi connectivity index (χ2v) is 10.3. The van der Waals surface area contributed by atoms with Gasteiger partial charge < -0.3 is 33.5 Å². The highest BCUT2D eigenvalue weighted by atomic mass is 35.5. The molecule has 1 unspecified atom stereocenters. The lowest BCUT2D eigenvalue weighted by Crippen LogP contribution is -2.66. The zero-order valence-corrected chi connectivity index (χ0v) is 25.1. The summed E-state index contributed by atoms with van der Waals surface area (Å²) in [6, 6.07) is 11.7. The van der Waals surface area contributed by atoms with Gasteiger partial charge in [-0.25, -0.2) is 0 Å². The molecule has 1 saturated heterocycles. The smallest absolute Gasteiger partial charge is 0.303 e. The number of hydrogen-bond acceptors (Lipinski definition) is 11. The Morgan fingerprint density at radius 1 is 0.953 bits per heavy atom. The van der Waals surface area contributed by atoms with Gasteiger partial charge in [0.05, 0.1) is 12.5 Å². The van der Waals surface area contributed by atoms with Crippen molar-refractivity contribution in [2.24, 2.45) is 0 Å². The van der Waals surface area contributed by atoms with Crippen molar-refractivity contribution in [1.82, 2.24) is 0 Å². The minimum atomic E-state index is -2.53. The molecule has 43 heavy (non-hydrogen) atoms. The normalized spacial score (nSPS) is 23.8. The van der Waals surface area contributed by atoms with Crippen LogP contribution in [0.2, 0.25) is 5.02 Å². The van der Waals surface area contributed by atoms with E-state index in [2.05, 4.69) is 5.92 Å². The molecule has 1 fully saturated rings. The molecule has 12 heteroatoms. The number of hydrogen-bond donors (Lipinski definition) is 1. The number of halogens is 1. The Morgan fingerprint density at radius 3 is 2.09 bits per heavy atom. The van der Waals surface area contributed by atoms with Gasteiger partial charge in [-0.05, 0) is 28.8 Å². The molecule has 2 aromatic rings. The molecule has 230 valence electrons. The molecule has 6 atom stereocenters. The maximum atomic E-state index is 12.3. The van der Waals surface area contributed by atoms with Gasteiger partial charge in [0, 0.05) is 45.4 Å². The Kier molecular flexibility index (Phi) is 11.3. The van der Waals surface area contributed by atoms with Gasteiger partial charge in [0.25, 0.3) is 0 Å². The first-order valence-corrected chi connectivity index (χ1v) is 13.6. The summed E-state index contributed by atoms with van der Waals surface area (Å²) in [4.78, 5) is 48.1. The standard InChI is InChI=1S/C31H33ClO11/c1-7-24(22-10-8-21(9-11-22)15-38-6)25-14-23(12-13-26(25)32)31(37)30(42-20(5)36)29(41-19(4)35)28(40-18(3)34)27(43-31)16-39-17(2)33/h1,8-14,24,27-30,37H,15-16H2,2-6H3/t24?,27-,28-,29+,30-,31-/m1/s1. The Hall–Kier alpha value is -3.95. The number of aliphatic hydroxyl groups is 1. The molecule has 11 nitrogen and oxygen atoms in total. The fourth-order valence-electron chi connectivity index (χ4n) is 4.84. The third-order valence-electron chi connectivity index (χ3n) is 6.56. The SMILES string of the molecule is C#CC(c1ccc(COC)cc1)c1cc([C@@]2(O)O[C@H](COC(C)=O)[C@@H](OC(C)=O)[C@H](OC(C)=O)[C@H]2OC(C)=O)ccc1Cl. The predicted octanol–water partition coefficient (Wildman–Crippen LogP) is 3.15. The van der Waals surface area contributed by atoms with Crippen LogP contribution in [0.1, 0.15) is 55.9 Å². The Labute approximate surface area is 254 Å². The highest BCUT2D eigenvalue weighted by Crippen LogP contribution is 2.43. The minimum Gasteiger partial charge on any atom is -0.463 e. The molecule has 1 heterocycles. The summed E-state index contributed by atoms with van der Waals surface area (Å²) >= 11 is 6.59. The van der Waals surface area contributed by atoms with Crippen molar-refractivity contribution in [3.8, 4) is 12.3 Å². The number of rotatable bonds is 10. The van der Waals surface area contributed by atoms with Gasteiger partial charge in [0.2, 0.25) is 11.9 Å². The van der Waals surface area contributed by atoms with E-state index in [0.29, 0.717) is 12.2 Å². The zero-order valence-electron chi connectivity index (χ0n) is 24.3. The minimum absolute atomic E-state index is 0.0145. The van der Waals surface area contributed by atoms with Gasteiger partial charge >= 0.3 is 23.9 Å². The summed E-state index contributed by atoms with van der Waals surface area (Å²) in [6.07, 6.45) is -0.210. The quantitative estimate of drug-likeness (QED) is 0.239. The van der Waals surface area contributed by atoms with Gasteiger partial charge in [0.15, 0.2) is 12.2 Å². The second kappa shape index (κ2) is 14.5. The second-order valence-electron chi connectivity index (χ2n) is 9.84. The molecule has 0 saturated carbocycles. The lowest BCUT2D eigenvalue weighted by molar-refractivity contribution is -0.360. The summed E-state index contributed by atoms with van der Waals surface area (Å²) in [7, 11) is 1.59. The van der Waals surface area contributed by atoms with Gasteiger partial charge in [0.1, 0.15) is 12.7 Å². The van der Waals surface area contributed by atoms with Crippen molar-refractivity contribution in [2.45, 2.75) is 70.4 Å². The van der Waals surface area contributed by atoms with E-state index in [9.17, 15) is 24.3 Å². The number of benzene rings is 2. The molecule has 0 spiro atoms. The van der Waals surface area contributed by atoms with Crippen molar-refractivity contribution in [1.29, 1.82) is 0 Å². The van der Waals surface area contributed by atoms with Crippen LogP contribution in [-0.2, 0) is 60.0 Å². The lowest BCUT2D eigenvalue weighted by atomic mass is 9.84. The van der Waals surface area contributed by atoms with Gasteiger partial charge in [-0.2, -0.15) is 0 Å². The van der Waals surface area contributed by atoms with E-state index in [0.717, 1.165) is 38.8 Å². The van der Waals surface area contributed by atoms with Gasteiger partial charge in [-0.3, -0.25) is 19.2 Å². The monoisotopic (exact) mass is 616 g/mol. The van der Waals surface area contributed by atoms with Crippen LogP contribution in [0.15, 0.2) is 42.5 Å². The molecule has 1 aliphatic rings. The molecule has 1 aliphatic heterocycles. The van der Waals surface area contributed by atoms with Crippen LogP contribution in [0.3, 0.4) is 0 Å². The van der Waals surface area contributed by atoms with Gasteiger partial charge in [-0.1, -0.05) is 47.9 Å². The van der Waals surface area contributed by atoms with Crippen molar-refractivity contribution in [3.63, 3.8) is 0 Å². The van der Waals surface area contributed by atoms with E-state index in [4.69, 9.17) is 46.4 Å². The number of terminal acetylenes is 1. The fourth-order valence-corrected chi connectivity index (χ4v) is 5.07. The maximum absolute atomic E-state index is 12.3. The molecule has 0 aliphatic carbocycles. The van der Waals surface area contributed by atoms with E-state index >= 15 is 0 Å². The largest absolute Gasteiger partial charge is 0.463 e. The maximum Gasteiger partial charge on any atom is 0.303 e. The van der Waals surface area contributed by atoms with E-state index in [-0.39, 0.29) is 10.6 Å². The zero-order chi connectivity index (χ0) is 31.9. The predicted molar refractivity (Wildman–Crippen MR) is 151 cm³/mol. The van der Waals surface area contributed by atoms with E-state index in [1.807, 2.05) is 24.3 Å². The molecular weight excluding hydrogens is 584 g/mol. The Morgan fingerprint density at radius 2 is 1.56 bits per heavy atom. The third-order valence-corrected chi connectivity index (χ3v) is 6.91. The average molecular weight is 617 g/mol. The summed E-state index contributed by atoms with van der Waals surface area (Å²) in [5.41, 5.74) is 2.06. The topological polar surface area (TPSA) is 144 Å². The molecule has 1 N–H and O–H groups in total. The summed E-state index contributed by atoms with van der Waals surface area (Å²) < 4.78 is 32.6. The molecule has 0 radical (unpaired) electrons. The molecule has 3 rings (SSSR count). The van der Waals surface area contributed by atoms with Crippen molar-refractivity contribution in [3.05, 3.63) is 69.7 Å². The first kappa shape index (κ1) is 33.6. The number of esters is 4. The molecular formula is C31H33ClO11. The average Bonchev–Trinajstić information content (AvgIpc) is 2.93. The van der Waals surface area contributed by atoms with E-state index in [1.54, 1.807) is 7.11 Å². The first-order chi connectivity index (χ1) is 20.3. The molecule has 0 aromatic heterocycles. The van der Waals surface area contributed by atoms with Crippen molar-refractivity contribution < 1.29 is 52.7 Å². The highest BCUT2D eigenvalue weighted by Gasteiger charge is 2.60. The van der Waals surface area contributed by atoms with Crippen LogP contribution in [0.25, 0.3) is 0 Å².